The summed E-state index contributed by atoms with van der Waals surface area (Å²) >= 11 is 0. The number of nitrogens with one attached hydrogen (secondary N) is 2. The maximum Gasteiger partial charge on any atom is 0.273 e. The number of hydrogen-bond acceptors (Lipinski definition) is 4. The van der Waals surface area contributed by atoms with Crippen molar-refractivity contribution in [2.24, 2.45) is 0 Å². The Morgan fingerprint density at radius 2 is 2.00 bits per heavy atom. The molecule has 0 aromatic carbocycles. The van der Waals surface area contributed by atoms with Crippen LogP contribution >= 0.6 is 0 Å². The van der Waals surface area contributed by atoms with Crippen LogP contribution in [-0.4, -0.2) is 28.4 Å². The summed E-state index contributed by atoms with van der Waals surface area (Å²) in [7, 11) is 0. The number of rotatable bonds is 3. The van der Waals surface area contributed by atoms with E-state index in [4.69, 9.17) is 0 Å². The first kappa shape index (κ1) is 11.3. The molecule has 1 aliphatic rings. The number of H-pyrrole nitrogens is 1. The number of carbonyl (C=O) groups excluding carboxylic acids is 2. The van der Waals surface area contributed by atoms with Crippen molar-refractivity contribution in [1.29, 1.82) is 0 Å². The van der Waals surface area contributed by atoms with Crippen molar-refractivity contribution in [2.75, 3.05) is 12.0 Å². The Morgan fingerprint density at radius 3 is 2.74 bits per heavy atom. The zero-order valence-corrected chi connectivity index (χ0v) is 9.96. The van der Waals surface area contributed by atoms with Crippen LogP contribution in [0.5, 0.6) is 0 Å². The van der Waals surface area contributed by atoms with E-state index in [2.05, 4.69) is 15.3 Å². The largest absolute Gasteiger partial charge is 0.273 e. The lowest BCUT2D eigenvalue weighted by molar-refractivity contribution is -0.361. The Hall–Kier alpha value is -2.76. The quantitative estimate of drug-likeness (QED) is 0.813. The van der Waals surface area contributed by atoms with Gasteiger partial charge in [-0.1, -0.05) is 6.07 Å². The fourth-order valence-corrected chi connectivity index (χ4v) is 1.95. The highest BCUT2D eigenvalue weighted by Gasteiger charge is 2.36. The summed E-state index contributed by atoms with van der Waals surface area (Å²) in [4.78, 5) is 32.1. The molecule has 0 atom stereocenters. The van der Waals surface area contributed by atoms with E-state index in [0.717, 1.165) is 10.7 Å². The highest BCUT2D eigenvalue weighted by Crippen LogP contribution is 2.20. The van der Waals surface area contributed by atoms with Gasteiger partial charge in [-0.3, -0.25) is 19.9 Å². The van der Waals surface area contributed by atoms with Crippen molar-refractivity contribution in [3.8, 4) is 0 Å². The number of hydrogen-bond donors (Lipinski definition) is 1. The van der Waals surface area contributed by atoms with Gasteiger partial charge in [-0.25, -0.2) is 9.88 Å². The molecule has 1 aliphatic heterocycles. The molecule has 0 radical (unpaired) electrons. The highest BCUT2D eigenvalue weighted by molar-refractivity contribution is 6.21. The lowest BCUT2D eigenvalue weighted by Gasteiger charge is -2.10. The number of carbonyl (C=O) groups is 2. The lowest BCUT2D eigenvalue weighted by Crippen LogP contribution is -2.35. The first-order valence-electron chi connectivity index (χ1n) is 5.78. The third kappa shape index (κ3) is 1.93. The molecule has 94 valence electrons. The zero-order chi connectivity index (χ0) is 13.2. The standard InChI is InChI=1S/C13H10N4O2/c18-12-9-4-6-14-7-10(9)13(19)17(12)8-16-11-3-1-2-5-15-11/h1-7H,8H2,(H,15,16)/p+1. The predicted octanol–water partition coefficient (Wildman–Crippen LogP) is 0.561. The molecule has 2 N–H and O–H groups in total. The van der Waals surface area contributed by atoms with Gasteiger partial charge >= 0.3 is 0 Å². The minimum absolute atomic E-state index is 0.118. The summed E-state index contributed by atoms with van der Waals surface area (Å²) in [5.74, 6) is 0.111. The maximum atomic E-state index is 12.1. The minimum atomic E-state index is -0.323. The van der Waals surface area contributed by atoms with E-state index in [1.165, 1.54) is 12.4 Å². The second-order valence-electron chi connectivity index (χ2n) is 4.07. The van der Waals surface area contributed by atoms with Crippen molar-refractivity contribution >= 4 is 17.6 Å². The molecule has 19 heavy (non-hydrogen) atoms. The van der Waals surface area contributed by atoms with Gasteiger partial charge < -0.3 is 0 Å². The highest BCUT2D eigenvalue weighted by atomic mass is 16.2. The van der Waals surface area contributed by atoms with Crippen molar-refractivity contribution in [2.45, 2.75) is 0 Å². The van der Waals surface area contributed by atoms with Crippen molar-refractivity contribution in [3.63, 3.8) is 0 Å². The Bertz CT molecular complexity index is 607. The summed E-state index contributed by atoms with van der Waals surface area (Å²) in [6.07, 6.45) is 4.69. The lowest BCUT2D eigenvalue weighted by atomic mass is 10.2. The van der Waals surface area contributed by atoms with Crippen LogP contribution in [0.1, 0.15) is 20.7 Å². The molecular weight excluding hydrogens is 244 g/mol. The van der Waals surface area contributed by atoms with E-state index >= 15 is 0 Å². The predicted molar refractivity (Wildman–Crippen MR) is 66.2 cm³/mol. The smallest absolute Gasteiger partial charge is 0.268 e. The molecule has 6 nitrogen and oxygen atoms in total. The van der Waals surface area contributed by atoms with Crippen LogP contribution in [0, 0.1) is 0 Å². The number of fused-ring (bicyclic) bond motifs is 1. The van der Waals surface area contributed by atoms with Gasteiger partial charge in [-0.2, -0.15) is 0 Å². The molecule has 0 unspecified atom stereocenters. The Balaban J connectivity index is 1.78. The van der Waals surface area contributed by atoms with Gasteiger partial charge in [0.05, 0.1) is 17.3 Å². The molecular formula is C13H11N4O2+. The SMILES string of the molecule is O=C1c2ccncc2C(=O)N1CNc1cccc[nH+]1. The number of anilines is 1. The van der Waals surface area contributed by atoms with Crippen LogP contribution in [0.15, 0.2) is 42.9 Å². The topological polar surface area (TPSA) is 76.4 Å². The first-order valence-corrected chi connectivity index (χ1v) is 5.78. The molecule has 0 saturated heterocycles. The average molecular weight is 255 g/mol. The molecule has 0 aliphatic carbocycles. The minimum Gasteiger partial charge on any atom is -0.268 e. The van der Waals surface area contributed by atoms with Gasteiger partial charge in [-0.15, -0.1) is 0 Å². The third-order valence-electron chi connectivity index (χ3n) is 2.91. The Kier molecular flexibility index (Phi) is 2.68. The maximum absolute atomic E-state index is 12.1. The number of aromatic amines is 1. The number of nitrogens with zero attached hydrogens (tertiary/aromatic N) is 2. The molecule has 0 spiro atoms. The first-order chi connectivity index (χ1) is 9.27. The fourth-order valence-electron chi connectivity index (χ4n) is 1.95. The van der Waals surface area contributed by atoms with Crippen LogP contribution in [0.25, 0.3) is 0 Å². The molecule has 0 saturated carbocycles. The van der Waals surface area contributed by atoms with E-state index in [0.29, 0.717) is 11.1 Å². The normalized spacial score (nSPS) is 13.6. The van der Waals surface area contributed by atoms with Crippen molar-refractivity contribution < 1.29 is 14.6 Å². The van der Waals surface area contributed by atoms with Crippen LogP contribution in [0.3, 0.4) is 0 Å². The van der Waals surface area contributed by atoms with Crippen molar-refractivity contribution in [1.82, 2.24) is 9.88 Å². The van der Waals surface area contributed by atoms with Crippen molar-refractivity contribution in [3.05, 3.63) is 54.0 Å². The second kappa shape index (κ2) is 4.49. The fraction of sp³-hybridized carbons (Fsp3) is 0.0769. The van der Waals surface area contributed by atoms with E-state index in [9.17, 15) is 9.59 Å². The van der Waals surface area contributed by atoms with E-state index in [1.807, 2.05) is 18.2 Å². The molecule has 2 amide bonds. The summed E-state index contributed by atoms with van der Waals surface area (Å²) < 4.78 is 0. The van der Waals surface area contributed by atoms with Crippen LogP contribution in [0.4, 0.5) is 5.82 Å². The Labute approximate surface area is 109 Å². The van der Waals surface area contributed by atoms with E-state index in [-0.39, 0.29) is 18.5 Å². The van der Waals surface area contributed by atoms with Gasteiger partial charge in [0.25, 0.3) is 17.6 Å². The summed E-state index contributed by atoms with van der Waals surface area (Å²) in [6.45, 7) is 0.118. The monoisotopic (exact) mass is 255 g/mol. The molecule has 2 aromatic heterocycles. The second-order valence-corrected chi connectivity index (χ2v) is 4.07. The number of pyridine rings is 2. The third-order valence-corrected chi connectivity index (χ3v) is 2.91. The van der Waals surface area contributed by atoms with E-state index < -0.39 is 0 Å². The van der Waals surface area contributed by atoms with E-state index in [1.54, 1.807) is 12.3 Å². The number of amides is 2. The molecule has 2 aromatic rings. The summed E-state index contributed by atoms with van der Waals surface area (Å²) in [6, 6.07) is 7.08. The average Bonchev–Trinajstić information content (AvgIpc) is 2.71. The summed E-state index contributed by atoms with van der Waals surface area (Å²) in [5.41, 5.74) is 0.755. The Morgan fingerprint density at radius 1 is 1.16 bits per heavy atom. The van der Waals surface area contributed by atoms with Crippen LogP contribution in [0.2, 0.25) is 0 Å². The molecule has 0 fully saturated rings. The van der Waals surface area contributed by atoms with Gasteiger partial charge in [0, 0.05) is 18.5 Å². The van der Waals surface area contributed by atoms with Gasteiger partial charge in [-0.05, 0) is 12.1 Å². The van der Waals surface area contributed by atoms with Crippen LogP contribution in [-0.2, 0) is 0 Å². The summed E-state index contributed by atoms with van der Waals surface area (Å²) in [5, 5.41) is 2.99. The van der Waals surface area contributed by atoms with Crippen LogP contribution < -0.4 is 10.3 Å². The number of imide groups is 1. The zero-order valence-electron chi connectivity index (χ0n) is 9.96. The molecule has 0 bridgehead atoms. The number of aromatic nitrogens is 2. The molecule has 6 heteroatoms. The van der Waals surface area contributed by atoms with Gasteiger partial charge in [0.15, 0.2) is 6.67 Å². The van der Waals surface area contributed by atoms with Gasteiger partial charge in [0.2, 0.25) is 0 Å². The van der Waals surface area contributed by atoms with Gasteiger partial charge in [0.1, 0.15) is 0 Å². The molecule has 3 heterocycles. The molecule has 3 rings (SSSR count).